The second kappa shape index (κ2) is 9.21. The molecule has 1 aromatic rings. The molecule has 1 heterocycles. The maximum Gasteiger partial charge on any atom is 0.349 e. The molecule has 0 amide bonds. The van der Waals surface area contributed by atoms with Gasteiger partial charge < -0.3 is 14.4 Å². The van der Waals surface area contributed by atoms with Crippen molar-refractivity contribution < 1.29 is 14.4 Å². The van der Waals surface area contributed by atoms with Crippen molar-refractivity contribution in [2.24, 2.45) is 5.16 Å². The molecule has 5 nitrogen and oxygen atoms in total. The van der Waals surface area contributed by atoms with Crippen LogP contribution in [-0.2, 0) is 11.3 Å². The second-order valence-corrected chi connectivity index (χ2v) is 4.92. The van der Waals surface area contributed by atoms with Gasteiger partial charge in [-0.2, -0.15) is 0 Å². The van der Waals surface area contributed by atoms with E-state index < -0.39 is 5.63 Å². The second-order valence-electron chi connectivity index (χ2n) is 4.92. The first-order valence-electron chi connectivity index (χ1n) is 7.69. The molecule has 0 atom stereocenters. The molecule has 1 aromatic heterocycles. The Hall–Kier alpha value is -1.78. The minimum atomic E-state index is -0.546. The van der Waals surface area contributed by atoms with E-state index in [-0.39, 0.29) is 11.3 Å². The molecule has 0 fully saturated rings. The van der Waals surface area contributed by atoms with Gasteiger partial charge >= 0.3 is 5.63 Å². The first-order chi connectivity index (χ1) is 10.1. The molecule has 0 saturated carbocycles. The number of hydrogen-bond donors (Lipinski definition) is 1. The molecule has 0 spiro atoms. The number of unbranched alkanes of at least 4 members (excludes halogenated alkanes) is 2. The largest absolute Gasteiger partial charge is 0.507 e. The predicted molar refractivity (Wildman–Crippen MR) is 82.9 cm³/mol. The van der Waals surface area contributed by atoms with Gasteiger partial charge in [-0.25, -0.2) is 4.79 Å². The van der Waals surface area contributed by atoms with Crippen LogP contribution in [0.15, 0.2) is 20.4 Å². The molecule has 0 aliphatic carbocycles. The third kappa shape index (κ3) is 5.25. The van der Waals surface area contributed by atoms with Crippen LogP contribution in [0.4, 0.5) is 0 Å². The number of hydrogen-bond acceptors (Lipinski definition) is 5. The van der Waals surface area contributed by atoms with Crippen LogP contribution in [0.3, 0.4) is 0 Å². The van der Waals surface area contributed by atoms with Crippen LogP contribution >= 0.6 is 0 Å². The number of rotatable bonds is 9. The number of oxime groups is 1. The summed E-state index contributed by atoms with van der Waals surface area (Å²) in [6.45, 7) is 6.34. The van der Waals surface area contributed by atoms with Crippen LogP contribution in [0.25, 0.3) is 0 Å². The summed E-state index contributed by atoms with van der Waals surface area (Å²) in [4.78, 5) is 17.2. The fraction of sp³-hybridized carbons (Fsp3) is 0.625. The van der Waals surface area contributed by atoms with Crippen molar-refractivity contribution in [2.45, 2.75) is 59.3 Å². The minimum Gasteiger partial charge on any atom is -0.507 e. The maximum atomic E-state index is 12.1. The van der Waals surface area contributed by atoms with E-state index in [4.69, 9.17) is 9.25 Å². The van der Waals surface area contributed by atoms with E-state index in [0.29, 0.717) is 30.9 Å². The molecule has 1 N–H and O–H groups in total. The Morgan fingerprint density at radius 2 is 2.00 bits per heavy atom. The average Bonchev–Trinajstić information content (AvgIpc) is 2.46. The van der Waals surface area contributed by atoms with Gasteiger partial charge in [0.2, 0.25) is 0 Å². The molecule has 0 radical (unpaired) electrons. The molecule has 21 heavy (non-hydrogen) atoms. The summed E-state index contributed by atoms with van der Waals surface area (Å²) in [5.41, 5.74) is 0.0276. The van der Waals surface area contributed by atoms with E-state index in [1.807, 2.05) is 6.92 Å². The van der Waals surface area contributed by atoms with Crippen LogP contribution in [0.5, 0.6) is 5.75 Å². The summed E-state index contributed by atoms with van der Waals surface area (Å²) in [5, 5.41) is 14.1. The van der Waals surface area contributed by atoms with Crippen molar-refractivity contribution in [2.75, 3.05) is 6.61 Å². The van der Waals surface area contributed by atoms with E-state index in [1.165, 1.54) is 6.07 Å². The molecule has 0 aromatic carbocycles. The van der Waals surface area contributed by atoms with Crippen LogP contribution in [0.1, 0.15) is 64.2 Å². The summed E-state index contributed by atoms with van der Waals surface area (Å²) in [6, 6.07) is 1.51. The van der Waals surface area contributed by atoms with Crippen molar-refractivity contribution in [1.29, 1.82) is 0 Å². The van der Waals surface area contributed by atoms with Gasteiger partial charge in [-0.3, -0.25) is 0 Å². The average molecular weight is 295 g/mol. The van der Waals surface area contributed by atoms with Gasteiger partial charge in [0.15, 0.2) is 0 Å². The van der Waals surface area contributed by atoms with Gasteiger partial charge in [-0.15, -0.1) is 0 Å². The smallest absolute Gasteiger partial charge is 0.349 e. The van der Waals surface area contributed by atoms with E-state index in [1.54, 1.807) is 0 Å². The summed E-state index contributed by atoms with van der Waals surface area (Å²) in [7, 11) is 0. The Bertz CT molecular complexity index is 519. The Morgan fingerprint density at radius 1 is 1.29 bits per heavy atom. The monoisotopic (exact) mass is 295 g/mol. The van der Waals surface area contributed by atoms with Gasteiger partial charge in [-0.1, -0.05) is 31.8 Å². The highest BCUT2D eigenvalue weighted by Crippen LogP contribution is 2.19. The number of aromatic hydroxyl groups is 1. The fourth-order valence-corrected chi connectivity index (χ4v) is 1.97. The highest BCUT2D eigenvalue weighted by molar-refractivity contribution is 6.01. The Kier molecular flexibility index (Phi) is 7.58. The lowest BCUT2D eigenvalue weighted by molar-refractivity contribution is 0.158. The normalized spacial score (nSPS) is 11.7. The highest BCUT2D eigenvalue weighted by Gasteiger charge is 2.17. The SMILES string of the molecule is CCCCC(=NOCC)c1c(O)cc(CCCC)oc1=O. The van der Waals surface area contributed by atoms with Crippen LogP contribution in [-0.4, -0.2) is 17.4 Å². The summed E-state index contributed by atoms with van der Waals surface area (Å²) in [6.07, 6.45) is 4.96. The molecule has 0 aliphatic heterocycles. The van der Waals surface area contributed by atoms with Crippen molar-refractivity contribution in [3.05, 3.63) is 27.8 Å². The molecule has 0 saturated heterocycles. The van der Waals surface area contributed by atoms with Gasteiger partial charge in [-0.05, 0) is 26.2 Å². The third-order valence-electron chi connectivity index (χ3n) is 3.12. The summed E-state index contributed by atoms with van der Waals surface area (Å²) in [5.74, 6) is 0.432. The van der Waals surface area contributed by atoms with Crippen molar-refractivity contribution in [3.8, 4) is 5.75 Å². The lowest BCUT2D eigenvalue weighted by Crippen LogP contribution is -2.16. The molecule has 118 valence electrons. The lowest BCUT2D eigenvalue weighted by Gasteiger charge is -2.08. The molecule has 5 heteroatoms. The standard InChI is InChI=1S/C16H25NO4/c1-4-7-9-12-11-14(18)15(16(19)21-12)13(10-8-5-2)17-20-6-3/h11,18H,4-10H2,1-3H3. The number of nitrogens with zero attached hydrogens (tertiary/aromatic N) is 1. The van der Waals surface area contributed by atoms with Crippen molar-refractivity contribution in [1.82, 2.24) is 0 Å². The van der Waals surface area contributed by atoms with Crippen molar-refractivity contribution >= 4 is 5.71 Å². The molecule has 0 bridgehead atoms. The third-order valence-corrected chi connectivity index (χ3v) is 3.12. The molecule has 1 rings (SSSR count). The van der Waals surface area contributed by atoms with E-state index in [2.05, 4.69) is 19.0 Å². The van der Waals surface area contributed by atoms with Gasteiger partial charge in [0.25, 0.3) is 0 Å². The zero-order valence-corrected chi connectivity index (χ0v) is 13.1. The zero-order chi connectivity index (χ0) is 15.7. The molecular formula is C16H25NO4. The maximum absolute atomic E-state index is 12.1. The summed E-state index contributed by atoms with van der Waals surface area (Å²) < 4.78 is 5.28. The molecular weight excluding hydrogens is 270 g/mol. The van der Waals surface area contributed by atoms with Crippen molar-refractivity contribution in [3.63, 3.8) is 0 Å². The predicted octanol–water partition coefficient (Wildman–Crippen LogP) is 3.62. The first-order valence-corrected chi connectivity index (χ1v) is 7.69. The van der Waals surface area contributed by atoms with Crippen LogP contribution < -0.4 is 5.63 Å². The Labute approximate surface area is 125 Å². The van der Waals surface area contributed by atoms with Gasteiger partial charge in [0.1, 0.15) is 23.7 Å². The van der Waals surface area contributed by atoms with Gasteiger partial charge in [0.05, 0.1) is 5.71 Å². The quantitative estimate of drug-likeness (QED) is 0.558. The van der Waals surface area contributed by atoms with Crippen LogP contribution in [0.2, 0.25) is 0 Å². The van der Waals surface area contributed by atoms with E-state index in [0.717, 1.165) is 25.7 Å². The van der Waals surface area contributed by atoms with Crippen LogP contribution in [0, 0.1) is 0 Å². The molecule has 0 aliphatic rings. The molecule has 0 unspecified atom stereocenters. The van der Waals surface area contributed by atoms with Gasteiger partial charge in [0, 0.05) is 12.5 Å². The fourth-order valence-electron chi connectivity index (χ4n) is 1.97. The number of aryl methyl sites for hydroxylation is 1. The highest BCUT2D eigenvalue weighted by atomic mass is 16.6. The lowest BCUT2D eigenvalue weighted by atomic mass is 10.1. The van der Waals surface area contributed by atoms with E-state index in [9.17, 15) is 9.90 Å². The van der Waals surface area contributed by atoms with E-state index >= 15 is 0 Å². The zero-order valence-electron chi connectivity index (χ0n) is 13.1. The Balaban J connectivity index is 3.10. The first kappa shape index (κ1) is 17.3. The summed E-state index contributed by atoms with van der Waals surface area (Å²) >= 11 is 0. The topological polar surface area (TPSA) is 72.0 Å². The minimum absolute atomic E-state index is 0.0769. The Morgan fingerprint density at radius 3 is 2.57 bits per heavy atom.